The third kappa shape index (κ3) is 2.29. The summed E-state index contributed by atoms with van der Waals surface area (Å²) in [6.07, 6.45) is 0.509. The van der Waals surface area contributed by atoms with Crippen molar-refractivity contribution in [2.75, 3.05) is 0 Å². The van der Waals surface area contributed by atoms with E-state index in [1.54, 1.807) is 0 Å². The van der Waals surface area contributed by atoms with Gasteiger partial charge in [0.2, 0.25) is 0 Å². The maximum absolute atomic E-state index is 12.4. The Balaban J connectivity index is 2.23. The lowest BCUT2D eigenvalue weighted by Crippen LogP contribution is -2.10. The lowest BCUT2D eigenvalue weighted by atomic mass is 10.1. The van der Waals surface area contributed by atoms with E-state index in [1.807, 2.05) is 13.8 Å². The molecule has 1 aliphatic carbocycles. The van der Waals surface area contributed by atoms with Crippen molar-refractivity contribution >= 4 is 11.6 Å². The molecule has 11 heavy (non-hydrogen) atoms. The average molecular weight is 183 g/mol. The molecule has 0 N–H and O–H groups in total. The van der Waals surface area contributed by atoms with E-state index < -0.39 is 11.8 Å². The topological polar surface area (TPSA) is 0 Å². The van der Waals surface area contributed by atoms with Crippen LogP contribution in [0.25, 0.3) is 0 Å². The van der Waals surface area contributed by atoms with Crippen molar-refractivity contribution in [3.05, 3.63) is 0 Å². The fourth-order valence-electron chi connectivity index (χ4n) is 1.07. The Kier molecular flexibility index (Phi) is 2.43. The van der Waals surface area contributed by atoms with E-state index in [9.17, 15) is 8.78 Å². The highest BCUT2D eigenvalue weighted by Crippen LogP contribution is 2.52. The molecule has 66 valence electrons. The first-order valence-corrected chi connectivity index (χ1v) is 4.39. The Hall–Kier alpha value is 0.150. The predicted molar refractivity (Wildman–Crippen MR) is 42.2 cm³/mol. The zero-order chi connectivity index (χ0) is 8.65. The van der Waals surface area contributed by atoms with Crippen LogP contribution in [0.5, 0.6) is 0 Å². The molecule has 0 amide bonds. The molecule has 0 radical (unpaired) electrons. The van der Waals surface area contributed by atoms with Gasteiger partial charge in [0.05, 0.1) is 0 Å². The third-order valence-electron chi connectivity index (χ3n) is 2.19. The maximum Gasteiger partial charge on any atom is 0.251 e. The lowest BCUT2D eigenvalue weighted by molar-refractivity contribution is 0.0961. The fourth-order valence-corrected chi connectivity index (χ4v) is 1.28. The van der Waals surface area contributed by atoms with E-state index in [-0.39, 0.29) is 11.8 Å². The zero-order valence-electron chi connectivity index (χ0n) is 6.78. The number of alkyl halides is 3. The van der Waals surface area contributed by atoms with Crippen molar-refractivity contribution < 1.29 is 8.78 Å². The summed E-state index contributed by atoms with van der Waals surface area (Å²) < 4.78 is 24.7. The second kappa shape index (κ2) is 2.89. The van der Waals surface area contributed by atoms with E-state index in [0.717, 1.165) is 0 Å². The smallest absolute Gasteiger partial charge is 0.207 e. The third-order valence-corrected chi connectivity index (χ3v) is 2.87. The average Bonchev–Trinajstić information content (AvgIpc) is 2.39. The van der Waals surface area contributed by atoms with Crippen LogP contribution in [0.4, 0.5) is 8.78 Å². The van der Waals surface area contributed by atoms with E-state index in [2.05, 4.69) is 0 Å². The molecule has 0 aromatic carbocycles. The highest BCUT2D eigenvalue weighted by molar-refractivity contribution is 6.20. The van der Waals surface area contributed by atoms with Gasteiger partial charge in [0.25, 0.3) is 5.92 Å². The van der Waals surface area contributed by atoms with Crippen LogP contribution < -0.4 is 0 Å². The normalized spacial score (nSPS) is 30.5. The van der Waals surface area contributed by atoms with E-state index in [4.69, 9.17) is 11.6 Å². The first kappa shape index (κ1) is 9.24. The van der Waals surface area contributed by atoms with Crippen molar-refractivity contribution in [3.63, 3.8) is 0 Å². The van der Waals surface area contributed by atoms with Gasteiger partial charge in [-0.05, 0) is 12.3 Å². The first-order valence-electron chi connectivity index (χ1n) is 3.95. The molecule has 2 atom stereocenters. The van der Waals surface area contributed by atoms with Gasteiger partial charge in [0.15, 0.2) is 0 Å². The summed E-state index contributed by atoms with van der Waals surface area (Å²) in [5, 5.41) is -0.0895. The lowest BCUT2D eigenvalue weighted by Gasteiger charge is -2.11. The Bertz CT molecular complexity index is 145. The summed E-state index contributed by atoms with van der Waals surface area (Å²) in [4.78, 5) is 0. The van der Waals surface area contributed by atoms with Crippen LogP contribution in [0.1, 0.15) is 26.7 Å². The van der Waals surface area contributed by atoms with Gasteiger partial charge in [-0.25, -0.2) is 8.78 Å². The summed E-state index contributed by atoms with van der Waals surface area (Å²) in [6, 6.07) is 0. The van der Waals surface area contributed by atoms with Crippen molar-refractivity contribution in [2.45, 2.75) is 38.0 Å². The number of halogens is 3. The molecule has 0 aromatic heterocycles. The molecule has 3 heteroatoms. The molecule has 0 aliphatic heterocycles. The number of rotatable bonds is 3. The zero-order valence-corrected chi connectivity index (χ0v) is 7.54. The number of hydrogen-bond donors (Lipinski definition) is 0. The molecular weight excluding hydrogens is 170 g/mol. The van der Waals surface area contributed by atoms with E-state index in [0.29, 0.717) is 12.3 Å². The molecular formula is C8H13ClF2. The molecule has 1 rings (SSSR count). The SMILES string of the molecule is CC(C)C(Cl)CC1CC1(F)F. The molecule has 0 aromatic rings. The van der Waals surface area contributed by atoms with Gasteiger partial charge in [0, 0.05) is 17.7 Å². The summed E-state index contributed by atoms with van der Waals surface area (Å²) in [5.41, 5.74) is 0. The molecule has 0 heterocycles. The Morgan fingerprint density at radius 2 is 2.00 bits per heavy atom. The monoisotopic (exact) mass is 182 g/mol. The molecule has 1 aliphatic rings. The summed E-state index contributed by atoms with van der Waals surface area (Å²) in [5.74, 6) is -2.54. The highest BCUT2D eigenvalue weighted by atomic mass is 35.5. The molecule has 0 spiro atoms. The fraction of sp³-hybridized carbons (Fsp3) is 1.00. The molecule has 1 fully saturated rings. The maximum atomic E-state index is 12.4. The van der Waals surface area contributed by atoms with Crippen LogP contribution >= 0.6 is 11.6 Å². The Morgan fingerprint density at radius 1 is 1.55 bits per heavy atom. The standard InChI is InChI=1S/C8H13ClF2/c1-5(2)7(9)3-6-4-8(6,10)11/h5-7H,3-4H2,1-2H3. The second-order valence-electron chi connectivity index (χ2n) is 3.66. The molecule has 0 saturated heterocycles. The van der Waals surface area contributed by atoms with Crippen LogP contribution in [-0.4, -0.2) is 11.3 Å². The molecule has 2 unspecified atom stereocenters. The number of hydrogen-bond acceptors (Lipinski definition) is 0. The van der Waals surface area contributed by atoms with Crippen molar-refractivity contribution in [2.24, 2.45) is 11.8 Å². The highest BCUT2D eigenvalue weighted by Gasteiger charge is 2.56. The minimum absolute atomic E-state index is 0.0446. The summed E-state index contributed by atoms with van der Waals surface area (Å²) >= 11 is 5.84. The van der Waals surface area contributed by atoms with Crippen molar-refractivity contribution in [1.82, 2.24) is 0 Å². The molecule has 0 bridgehead atoms. The Morgan fingerprint density at radius 3 is 2.27 bits per heavy atom. The van der Waals surface area contributed by atoms with Gasteiger partial charge in [-0.15, -0.1) is 11.6 Å². The minimum Gasteiger partial charge on any atom is -0.207 e. The van der Waals surface area contributed by atoms with Crippen molar-refractivity contribution in [1.29, 1.82) is 0 Å². The quantitative estimate of drug-likeness (QED) is 0.588. The van der Waals surface area contributed by atoms with Crippen LogP contribution in [-0.2, 0) is 0 Å². The molecule has 1 saturated carbocycles. The minimum atomic E-state index is -2.40. The van der Waals surface area contributed by atoms with Crippen LogP contribution in [0.3, 0.4) is 0 Å². The van der Waals surface area contributed by atoms with Gasteiger partial charge in [-0.1, -0.05) is 13.8 Å². The summed E-state index contributed by atoms with van der Waals surface area (Å²) in [6.45, 7) is 3.91. The van der Waals surface area contributed by atoms with Crippen LogP contribution in [0.2, 0.25) is 0 Å². The largest absolute Gasteiger partial charge is 0.251 e. The van der Waals surface area contributed by atoms with Gasteiger partial charge in [0.1, 0.15) is 0 Å². The van der Waals surface area contributed by atoms with Crippen LogP contribution in [0, 0.1) is 11.8 Å². The second-order valence-corrected chi connectivity index (χ2v) is 4.22. The first-order chi connectivity index (χ1) is 4.93. The summed E-state index contributed by atoms with van der Waals surface area (Å²) in [7, 11) is 0. The van der Waals surface area contributed by atoms with Crippen LogP contribution in [0.15, 0.2) is 0 Å². The van der Waals surface area contributed by atoms with Gasteiger partial charge in [-0.3, -0.25) is 0 Å². The molecule has 0 nitrogen and oxygen atoms in total. The van der Waals surface area contributed by atoms with Crippen molar-refractivity contribution in [3.8, 4) is 0 Å². The van der Waals surface area contributed by atoms with E-state index in [1.165, 1.54) is 0 Å². The van der Waals surface area contributed by atoms with E-state index >= 15 is 0 Å². The van der Waals surface area contributed by atoms with Gasteiger partial charge in [-0.2, -0.15) is 0 Å². The Labute approximate surface area is 70.9 Å². The van der Waals surface area contributed by atoms with Gasteiger partial charge < -0.3 is 0 Å². The van der Waals surface area contributed by atoms with Gasteiger partial charge >= 0.3 is 0 Å². The predicted octanol–water partition coefficient (Wildman–Crippen LogP) is 3.30.